The lowest BCUT2D eigenvalue weighted by atomic mass is 10.3. The van der Waals surface area contributed by atoms with E-state index in [1.807, 2.05) is 0 Å². The van der Waals surface area contributed by atoms with Crippen LogP contribution in [0.3, 0.4) is 0 Å². The molecule has 8 heteroatoms. The van der Waals surface area contributed by atoms with Gasteiger partial charge in [-0.2, -0.15) is 9.97 Å². The van der Waals surface area contributed by atoms with Crippen molar-refractivity contribution in [3.05, 3.63) is 23.3 Å². The van der Waals surface area contributed by atoms with Gasteiger partial charge in [-0.25, -0.2) is 4.98 Å². The van der Waals surface area contributed by atoms with Crippen molar-refractivity contribution in [2.75, 3.05) is 25.6 Å². The third kappa shape index (κ3) is 2.83. The number of hydrogen-bond donors (Lipinski definition) is 3. The number of fused-ring (bicyclic) bond motifs is 1. The SMILES string of the molecule is CNc1nc(Cl)nc2c1ncn2CC=C(CO)CO. The van der Waals surface area contributed by atoms with Crippen LogP contribution in [0.25, 0.3) is 11.2 Å². The van der Waals surface area contributed by atoms with Crippen molar-refractivity contribution in [1.82, 2.24) is 19.5 Å². The van der Waals surface area contributed by atoms with Crippen molar-refractivity contribution < 1.29 is 10.2 Å². The average molecular weight is 284 g/mol. The molecule has 0 aliphatic heterocycles. The molecule has 0 amide bonds. The largest absolute Gasteiger partial charge is 0.392 e. The maximum Gasteiger partial charge on any atom is 0.226 e. The summed E-state index contributed by atoms with van der Waals surface area (Å²) in [4.78, 5) is 12.4. The van der Waals surface area contributed by atoms with Crippen LogP contribution in [0.1, 0.15) is 0 Å². The van der Waals surface area contributed by atoms with E-state index < -0.39 is 0 Å². The summed E-state index contributed by atoms with van der Waals surface area (Å²) in [6, 6.07) is 0. The molecule has 2 heterocycles. The predicted octanol–water partition coefficient (Wildman–Crippen LogP) is 0.432. The molecule has 2 aromatic heterocycles. The maximum atomic E-state index is 8.98. The van der Waals surface area contributed by atoms with E-state index in [1.54, 1.807) is 24.0 Å². The molecule has 0 saturated carbocycles. The Morgan fingerprint density at radius 2 is 2.16 bits per heavy atom. The van der Waals surface area contributed by atoms with Crippen LogP contribution >= 0.6 is 11.6 Å². The Bertz CT molecular complexity index is 604. The molecule has 0 spiro atoms. The Labute approximate surface area is 114 Å². The van der Waals surface area contributed by atoms with Crippen molar-refractivity contribution in [3.8, 4) is 0 Å². The van der Waals surface area contributed by atoms with E-state index in [0.29, 0.717) is 29.1 Å². The van der Waals surface area contributed by atoms with Crippen molar-refractivity contribution >= 4 is 28.6 Å². The number of allylic oxidation sites excluding steroid dienone is 1. The van der Waals surface area contributed by atoms with Gasteiger partial charge in [-0.1, -0.05) is 6.08 Å². The van der Waals surface area contributed by atoms with Crippen molar-refractivity contribution in [2.45, 2.75) is 6.54 Å². The highest BCUT2D eigenvalue weighted by Crippen LogP contribution is 2.20. The summed E-state index contributed by atoms with van der Waals surface area (Å²) >= 11 is 5.85. The van der Waals surface area contributed by atoms with Crippen molar-refractivity contribution in [1.29, 1.82) is 0 Å². The monoisotopic (exact) mass is 283 g/mol. The summed E-state index contributed by atoms with van der Waals surface area (Å²) in [5.74, 6) is 0.558. The van der Waals surface area contributed by atoms with Crippen LogP contribution in [-0.2, 0) is 6.54 Å². The van der Waals surface area contributed by atoms with Gasteiger partial charge in [-0.05, 0) is 17.2 Å². The number of halogens is 1. The molecule has 0 aliphatic rings. The summed E-state index contributed by atoms with van der Waals surface area (Å²) in [7, 11) is 1.73. The van der Waals surface area contributed by atoms with Gasteiger partial charge in [0, 0.05) is 13.6 Å². The second kappa shape index (κ2) is 5.96. The van der Waals surface area contributed by atoms with Gasteiger partial charge in [-0.3, -0.25) is 0 Å². The fourth-order valence-corrected chi connectivity index (χ4v) is 1.80. The molecule has 2 aromatic rings. The van der Waals surface area contributed by atoms with Crippen LogP contribution in [0, 0.1) is 0 Å². The number of aliphatic hydroxyl groups is 2. The number of nitrogens with one attached hydrogen (secondary N) is 1. The molecule has 0 fully saturated rings. The number of hydrogen-bond acceptors (Lipinski definition) is 6. The van der Waals surface area contributed by atoms with E-state index in [-0.39, 0.29) is 18.5 Å². The van der Waals surface area contributed by atoms with Gasteiger partial charge in [0.15, 0.2) is 17.0 Å². The Hall–Kier alpha value is -1.70. The number of aromatic nitrogens is 4. The summed E-state index contributed by atoms with van der Waals surface area (Å²) in [5, 5.41) is 21.0. The molecular formula is C11H14ClN5O2. The van der Waals surface area contributed by atoms with E-state index in [0.717, 1.165) is 0 Å². The van der Waals surface area contributed by atoms with Crippen LogP contribution in [0.15, 0.2) is 18.0 Å². The Morgan fingerprint density at radius 3 is 2.79 bits per heavy atom. The molecule has 19 heavy (non-hydrogen) atoms. The molecular weight excluding hydrogens is 270 g/mol. The first-order chi connectivity index (χ1) is 9.19. The topological polar surface area (TPSA) is 96.1 Å². The minimum atomic E-state index is -0.180. The van der Waals surface area contributed by atoms with E-state index in [2.05, 4.69) is 20.3 Å². The van der Waals surface area contributed by atoms with Gasteiger partial charge in [-0.15, -0.1) is 0 Å². The fourth-order valence-electron chi connectivity index (χ4n) is 1.63. The zero-order valence-corrected chi connectivity index (χ0v) is 11.1. The van der Waals surface area contributed by atoms with E-state index in [1.165, 1.54) is 0 Å². The lowest BCUT2D eigenvalue weighted by molar-refractivity contribution is 0.275. The zero-order chi connectivity index (χ0) is 13.8. The Balaban J connectivity index is 2.40. The second-order valence-corrected chi connectivity index (χ2v) is 4.18. The summed E-state index contributed by atoms with van der Waals surface area (Å²) in [5.41, 5.74) is 1.75. The van der Waals surface area contributed by atoms with Gasteiger partial charge in [0.2, 0.25) is 5.28 Å². The fraction of sp³-hybridized carbons (Fsp3) is 0.364. The van der Waals surface area contributed by atoms with Crippen LogP contribution in [-0.4, -0.2) is 50.0 Å². The lowest BCUT2D eigenvalue weighted by Crippen LogP contribution is -2.02. The van der Waals surface area contributed by atoms with Gasteiger partial charge in [0.25, 0.3) is 0 Å². The van der Waals surface area contributed by atoms with Gasteiger partial charge < -0.3 is 20.1 Å². The molecule has 0 radical (unpaired) electrons. The minimum absolute atomic E-state index is 0.132. The number of nitrogens with zero attached hydrogens (tertiary/aromatic N) is 4. The predicted molar refractivity (Wildman–Crippen MR) is 72.1 cm³/mol. The molecule has 0 aromatic carbocycles. The highest BCUT2D eigenvalue weighted by Gasteiger charge is 2.10. The number of aliphatic hydroxyl groups excluding tert-OH is 2. The number of imidazole rings is 1. The van der Waals surface area contributed by atoms with E-state index in [4.69, 9.17) is 21.8 Å². The minimum Gasteiger partial charge on any atom is -0.392 e. The normalized spacial score (nSPS) is 10.7. The molecule has 0 saturated heterocycles. The molecule has 3 N–H and O–H groups in total. The van der Waals surface area contributed by atoms with Gasteiger partial charge in [0.1, 0.15) is 0 Å². The van der Waals surface area contributed by atoms with Crippen LogP contribution in [0.2, 0.25) is 5.28 Å². The highest BCUT2D eigenvalue weighted by molar-refractivity contribution is 6.28. The van der Waals surface area contributed by atoms with Gasteiger partial charge in [0.05, 0.1) is 19.5 Å². The van der Waals surface area contributed by atoms with Crippen LogP contribution in [0.5, 0.6) is 0 Å². The first-order valence-corrected chi connectivity index (χ1v) is 6.03. The van der Waals surface area contributed by atoms with Crippen LogP contribution in [0.4, 0.5) is 5.82 Å². The molecule has 0 bridgehead atoms. The molecule has 7 nitrogen and oxygen atoms in total. The van der Waals surface area contributed by atoms with Crippen LogP contribution < -0.4 is 5.32 Å². The standard InChI is InChI=1S/C11H14ClN5O2/c1-13-9-8-10(16-11(12)15-9)17(6-14-8)3-2-7(4-18)5-19/h2,6,18-19H,3-5H2,1H3,(H,13,15,16). The van der Waals surface area contributed by atoms with Crippen molar-refractivity contribution in [3.63, 3.8) is 0 Å². The summed E-state index contributed by atoms with van der Waals surface area (Å²) < 4.78 is 1.76. The smallest absolute Gasteiger partial charge is 0.226 e. The first-order valence-electron chi connectivity index (χ1n) is 5.65. The molecule has 102 valence electrons. The molecule has 0 aliphatic carbocycles. The molecule has 2 rings (SSSR count). The molecule has 0 atom stereocenters. The molecule has 0 unspecified atom stereocenters. The zero-order valence-electron chi connectivity index (χ0n) is 10.3. The second-order valence-electron chi connectivity index (χ2n) is 3.84. The van der Waals surface area contributed by atoms with E-state index in [9.17, 15) is 0 Å². The first kappa shape index (κ1) is 13.7. The Morgan fingerprint density at radius 1 is 1.42 bits per heavy atom. The highest BCUT2D eigenvalue weighted by atomic mass is 35.5. The van der Waals surface area contributed by atoms with Gasteiger partial charge >= 0.3 is 0 Å². The third-order valence-corrected chi connectivity index (χ3v) is 2.83. The lowest BCUT2D eigenvalue weighted by Gasteiger charge is -2.04. The number of rotatable bonds is 5. The quantitative estimate of drug-likeness (QED) is 0.544. The third-order valence-electron chi connectivity index (χ3n) is 2.66. The van der Waals surface area contributed by atoms with E-state index >= 15 is 0 Å². The summed E-state index contributed by atoms with van der Waals surface area (Å²) in [6.07, 6.45) is 3.33. The van der Waals surface area contributed by atoms with Crippen molar-refractivity contribution in [2.24, 2.45) is 0 Å². The average Bonchev–Trinajstić information content (AvgIpc) is 2.82. The summed E-state index contributed by atoms with van der Waals surface area (Å²) in [6.45, 7) is 0.0741. The maximum absolute atomic E-state index is 8.98. The Kier molecular flexibility index (Phi) is 4.31. The number of anilines is 1.